The summed E-state index contributed by atoms with van der Waals surface area (Å²) in [7, 11) is 0. The summed E-state index contributed by atoms with van der Waals surface area (Å²) in [6, 6.07) is 9.34. The van der Waals surface area contributed by atoms with Gasteiger partial charge in [0.15, 0.2) is 0 Å². The molecule has 0 atom stereocenters. The summed E-state index contributed by atoms with van der Waals surface area (Å²) in [5.74, 6) is -0.141. The molecule has 0 aliphatic rings. The van der Waals surface area contributed by atoms with Crippen LogP contribution in [0.15, 0.2) is 36.5 Å². The van der Waals surface area contributed by atoms with E-state index in [1.54, 1.807) is 26.1 Å². The van der Waals surface area contributed by atoms with Gasteiger partial charge in [0, 0.05) is 11.8 Å². The van der Waals surface area contributed by atoms with Crippen molar-refractivity contribution in [1.82, 2.24) is 4.98 Å². The number of aromatic nitrogens is 1. The highest BCUT2D eigenvalue weighted by Crippen LogP contribution is 2.24. The third-order valence-electron chi connectivity index (χ3n) is 2.52. The molecule has 0 aliphatic heterocycles. The van der Waals surface area contributed by atoms with Gasteiger partial charge in [0.25, 0.3) is 0 Å². The zero-order valence-electron chi connectivity index (χ0n) is 8.79. The Morgan fingerprint density at radius 1 is 1.07 bits per heavy atom. The summed E-state index contributed by atoms with van der Waals surface area (Å²) < 4.78 is 13.6. The fourth-order valence-electron chi connectivity index (χ4n) is 1.62. The Hall–Kier alpha value is -1.70. The minimum Gasteiger partial charge on any atom is -0.256 e. The maximum atomic E-state index is 13.6. The van der Waals surface area contributed by atoms with Crippen molar-refractivity contribution < 1.29 is 4.39 Å². The second-order valence-electron chi connectivity index (χ2n) is 3.58. The van der Waals surface area contributed by atoms with Crippen LogP contribution in [0.25, 0.3) is 11.3 Å². The Balaban J connectivity index is 2.60. The summed E-state index contributed by atoms with van der Waals surface area (Å²) in [4.78, 5) is 4.21. The number of pyridine rings is 1. The minimum atomic E-state index is -0.141. The largest absolute Gasteiger partial charge is 0.256 e. The lowest BCUT2D eigenvalue weighted by atomic mass is 10.0. The van der Waals surface area contributed by atoms with Gasteiger partial charge in [-0.1, -0.05) is 18.2 Å². The molecule has 0 fully saturated rings. The van der Waals surface area contributed by atoms with Gasteiger partial charge < -0.3 is 0 Å². The Morgan fingerprint density at radius 3 is 2.53 bits per heavy atom. The van der Waals surface area contributed by atoms with Crippen LogP contribution in [0.2, 0.25) is 0 Å². The number of aryl methyl sites for hydroxylation is 1. The molecule has 0 spiro atoms. The summed E-state index contributed by atoms with van der Waals surface area (Å²) in [5.41, 5.74) is 3.01. The number of hydrogen-bond acceptors (Lipinski definition) is 1. The third kappa shape index (κ3) is 1.75. The molecule has 2 rings (SSSR count). The molecule has 76 valence electrons. The SMILES string of the molecule is Cc1ccc(-c2ccccn2)c(C)c1F. The average Bonchev–Trinajstić information content (AvgIpc) is 2.27. The van der Waals surface area contributed by atoms with Crippen molar-refractivity contribution >= 4 is 0 Å². The molecule has 15 heavy (non-hydrogen) atoms. The van der Waals surface area contributed by atoms with Gasteiger partial charge in [-0.05, 0) is 37.1 Å². The van der Waals surface area contributed by atoms with E-state index >= 15 is 0 Å². The van der Waals surface area contributed by atoms with E-state index in [-0.39, 0.29) is 5.82 Å². The summed E-state index contributed by atoms with van der Waals surface area (Å²) >= 11 is 0. The molecule has 0 radical (unpaired) electrons. The molecule has 1 heterocycles. The predicted molar refractivity (Wildman–Crippen MR) is 59.1 cm³/mol. The zero-order chi connectivity index (χ0) is 10.8. The van der Waals surface area contributed by atoms with Crippen LogP contribution in [0, 0.1) is 19.7 Å². The molecule has 0 aliphatic carbocycles. The standard InChI is InChI=1S/C13H12FN/c1-9-6-7-11(10(2)13(9)14)12-5-3-4-8-15-12/h3-8H,1-2H3. The lowest BCUT2D eigenvalue weighted by Crippen LogP contribution is -1.92. The highest BCUT2D eigenvalue weighted by Gasteiger charge is 2.08. The fourth-order valence-corrected chi connectivity index (χ4v) is 1.62. The number of halogens is 1. The number of hydrogen-bond donors (Lipinski definition) is 0. The Labute approximate surface area is 88.6 Å². The maximum Gasteiger partial charge on any atom is 0.129 e. The second-order valence-corrected chi connectivity index (χ2v) is 3.58. The van der Waals surface area contributed by atoms with Crippen molar-refractivity contribution in [3.8, 4) is 11.3 Å². The number of rotatable bonds is 1. The Kier molecular flexibility index (Phi) is 2.50. The van der Waals surface area contributed by atoms with Crippen LogP contribution in [0.5, 0.6) is 0 Å². The lowest BCUT2D eigenvalue weighted by molar-refractivity contribution is 0.610. The Morgan fingerprint density at radius 2 is 1.87 bits per heavy atom. The van der Waals surface area contributed by atoms with Crippen LogP contribution >= 0.6 is 0 Å². The van der Waals surface area contributed by atoms with E-state index in [2.05, 4.69) is 4.98 Å². The zero-order valence-corrected chi connectivity index (χ0v) is 8.79. The molecule has 2 heteroatoms. The van der Waals surface area contributed by atoms with E-state index in [0.717, 1.165) is 11.3 Å². The first-order valence-corrected chi connectivity index (χ1v) is 4.87. The predicted octanol–water partition coefficient (Wildman–Crippen LogP) is 3.50. The van der Waals surface area contributed by atoms with E-state index < -0.39 is 0 Å². The average molecular weight is 201 g/mol. The van der Waals surface area contributed by atoms with E-state index in [1.165, 1.54) is 0 Å². The maximum absolute atomic E-state index is 13.6. The van der Waals surface area contributed by atoms with Crippen LogP contribution < -0.4 is 0 Å². The minimum absolute atomic E-state index is 0.141. The van der Waals surface area contributed by atoms with Gasteiger partial charge in [0.1, 0.15) is 5.82 Å². The Bertz CT molecular complexity index is 477. The fraction of sp³-hybridized carbons (Fsp3) is 0.154. The smallest absolute Gasteiger partial charge is 0.129 e. The van der Waals surface area contributed by atoms with Gasteiger partial charge in [0.2, 0.25) is 0 Å². The molecule has 1 aromatic heterocycles. The normalized spacial score (nSPS) is 10.3. The van der Waals surface area contributed by atoms with E-state index in [9.17, 15) is 4.39 Å². The van der Waals surface area contributed by atoms with Crippen molar-refractivity contribution in [3.63, 3.8) is 0 Å². The van der Waals surface area contributed by atoms with Crippen LogP contribution in [-0.4, -0.2) is 4.98 Å². The summed E-state index contributed by atoms with van der Waals surface area (Å²) in [6.45, 7) is 3.55. The molecular weight excluding hydrogens is 189 g/mol. The highest BCUT2D eigenvalue weighted by atomic mass is 19.1. The van der Waals surface area contributed by atoms with Gasteiger partial charge in [-0.15, -0.1) is 0 Å². The van der Waals surface area contributed by atoms with E-state index in [0.29, 0.717) is 11.1 Å². The molecule has 0 saturated heterocycles. The van der Waals surface area contributed by atoms with E-state index in [1.807, 2.05) is 24.3 Å². The molecule has 1 nitrogen and oxygen atoms in total. The monoisotopic (exact) mass is 201 g/mol. The third-order valence-corrected chi connectivity index (χ3v) is 2.52. The van der Waals surface area contributed by atoms with Crippen LogP contribution in [0.1, 0.15) is 11.1 Å². The quantitative estimate of drug-likeness (QED) is 0.688. The lowest BCUT2D eigenvalue weighted by Gasteiger charge is -2.07. The molecule has 0 amide bonds. The second kappa shape index (κ2) is 3.81. The van der Waals surface area contributed by atoms with Gasteiger partial charge in [-0.3, -0.25) is 4.98 Å². The van der Waals surface area contributed by atoms with Gasteiger partial charge in [-0.25, -0.2) is 4.39 Å². The molecular formula is C13H12FN. The van der Waals surface area contributed by atoms with Crippen molar-refractivity contribution in [2.45, 2.75) is 13.8 Å². The number of nitrogens with zero attached hydrogens (tertiary/aromatic N) is 1. The van der Waals surface area contributed by atoms with Crippen molar-refractivity contribution in [1.29, 1.82) is 0 Å². The molecule has 0 bridgehead atoms. The van der Waals surface area contributed by atoms with Crippen LogP contribution in [-0.2, 0) is 0 Å². The first-order valence-electron chi connectivity index (χ1n) is 4.87. The topological polar surface area (TPSA) is 12.9 Å². The van der Waals surface area contributed by atoms with Crippen molar-refractivity contribution in [3.05, 3.63) is 53.5 Å². The molecule has 1 aromatic carbocycles. The van der Waals surface area contributed by atoms with Crippen LogP contribution in [0.3, 0.4) is 0 Å². The molecule has 0 unspecified atom stereocenters. The van der Waals surface area contributed by atoms with Gasteiger partial charge in [-0.2, -0.15) is 0 Å². The highest BCUT2D eigenvalue weighted by molar-refractivity contribution is 5.64. The van der Waals surface area contributed by atoms with Gasteiger partial charge >= 0.3 is 0 Å². The first-order chi connectivity index (χ1) is 7.20. The summed E-state index contributed by atoms with van der Waals surface area (Å²) in [5, 5.41) is 0. The van der Waals surface area contributed by atoms with Crippen molar-refractivity contribution in [2.24, 2.45) is 0 Å². The summed E-state index contributed by atoms with van der Waals surface area (Å²) in [6.07, 6.45) is 1.71. The van der Waals surface area contributed by atoms with E-state index in [4.69, 9.17) is 0 Å². The van der Waals surface area contributed by atoms with Crippen LogP contribution in [0.4, 0.5) is 4.39 Å². The molecule has 0 saturated carbocycles. The molecule has 2 aromatic rings. The molecule has 0 N–H and O–H groups in total. The van der Waals surface area contributed by atoms with Gasteiger partial charge in [0.05, 0.1) is 5.69 Å². The first kappa shape index (κ1) is 9.84. The van der Waals surface area contributed by atoms with Crippen molar-refractivity contribution in [2.75, 3.05) is 0 Å². The number of benzene rings is 1.